The van der Waals surface area contributed by atoms with Crippen LogP contribution < -0.4 is 4.90 Å². The van der Waals surface area contributed by atoms with Gasteiger partial charge in [0.1, 0.15) is 5.82 Å². The molecule has 1 aliphatic rings. The fraction of sp³-hybridized carbons (Fsp3) is 0.643. The Balaban J connectivity index is 1.73. The molecule has 0 aromatic carbocycles. The number of piperazine rings is 1. The van der Waals surface area contributed by atoms with E-state index >= 15 is 0 Å². The zero-order valence-corrected chi connectivity index (χ0v) is 11.5. The van der Waals surface area contributed by atoms with E-state index in [0.717, 1.165) is 32.0 Å². The highest BCUT2D eigenvalue weighted by Gasteiger charge is 2.19. The Morgan fingerprint density at radius 2 is 2.11 bits per heavy atom. The van der Waals surface area contributed by atoms with Gasteiger partial charge in [0.2, 0.25) is 0 Å². The maximum atomic E-state index is 9.82. The SMILES string of the molecule is CCOCC(O)CN1CCN(c2ccccn2)CC1. The molecule has 1 fully saturated rings. The second-order valence-corrected chi connectivity index (χ2v) is 4.79. The van der Waals surface area contributed by atoms with Gasteiger partial charge in [0.05, 0.1) is 12.7 Å². The Morgan fingerprint density at radius 1 is 1.32 bits per heavy atom. The van der Waals surface area contributed by atoms with E-state index in [2.05, 4.69) is 14.8 Å². The monoisotopic (exact) mass is 265 g/mol. The quantitative estimate of drug-likeness (QED) is 0.816. The average molecular weight is 265 g/mol. The molecule has 0 bridgehead atoms. The van der Waals surface area contributed by atoms with Crippen LogP contribution >= 0.6 is 0 Å². The molecular formula is C14H23N3O2. The summed E-state index contributed by atoms with van der Waals surface area (Å²) < 4.78 is 5.23. The van der Waals surface area contributed by atoms with Gasteiger partial charge in [-0.25, -0.2) is 4.98 Å². The predicted molar refractivity (Wildman–Crippen MR) is 75.4 cm³/mol. The lowest BCUT2D eigenvalue weighted by Gasteiger charge is -2.36. The number of β-amino-alcohol motifs (C(OH)–C–C–N with tert-alkyl or cyclic N) is 1. The van der Waals surface area contributed by atoms with E-state index in [0.29, 0.717) is 19.8 Å². The summed E-state index contributed by atoms with van der Waals surface area (Å²) in [4.78, 5) is 8.93. The molecule has 0 aliphatic carbocycles. The van der Waals surface area contributed by atoms with Crippen molar-refractivity contribution in [1.29, 1.82) is 0 Å². The van der Waals surface area contributed by atoms with E-state index in [9.17, 15) is 5.11 Å². The van der Waals surface area contributed by atoms with Gasteiger partial charge in [0, 0.05) is 45.5 Å². The second-order valence-electron chi connectivity index (χ2n) is 4.79. The number of anilines is 1. The third-order valence-electron chi connectivity index (χ3n) is 3.33. The largest absolute Gasteiger partial charge is 0.389 e. The van der Waals surface area contributed by atoms with Crippen molar-refractivity contribution in [2.24, 2.45) is 0 Å². The van der Waals surface area contributed by atoms with Crippen LogP contribution in [-0.4, -0.2) is 67.0 Å². The maximum Gasteiger partial charge on any atom is 0.128 e. The highest BCUT2D eigenvalue weighted by molar-refractivity contribution is 5.38. The molecule has 0 saturated carbocycles. The van der Waals surface area contributed by atoms with Gasteiger partial charge in [-0.05, 0) is 19.1 Å². The lowest BCUT2D eigenvalue weighted by Crippen LogP contribution is -2.49. The molecule has 1 N–H and O–H groups in total. The standard InChI is InChI=1S/C14H23N3O2/c1-2-19-12-13(18)11-16-7-9-17(10-8-16)14-5-3-4-6-15-14/h3-6,13,18H,2,7-12H2,1H3. The molecule has 1 aromatic rings. The molecule has 19 heavy (non-hydrogen) atoms. The minimum absolute atomic E-state index is 0.388. The van der Waals surface area contributed by atoms with Crippen molar-refractivity contribution in [3.63, 3.8) is 0 Å². The summed E-state index contributed by atoms with van der Waals surface area (Å²) in [5, 5.41) is 9.82. The van der Waals surface area contributed by atoms with Gasteiger partial charge in [-0.15, -0.1) is 0 Å². The van der Waals surface area contributed by atoms with Crippen LogP contribution in [0.4, 0.5) is 5.82 Å². The summed E-state index contributed by atoms with van der Waals surface area (Å²) in [6.07, 6.45) is 1.44. The molecule has 106 valence electrons. The summed E-state index contributed by atoms with van der Waals surface area (Å²) in [6, 6.07) is 5.99. The predicted octanol–water partition coefficient (Wildman–Crippen LogP) is 0.601. The average Bonchev–Trinajstić information content (AvgIpc) is 2.47. The van der Waals surface area contributed by atoms with Crippen molar-refractivity contribution in [2.75, 3.05) is 50.8 Å². The number of aliphatic hydroxyl groups excluding tert-OH is 1. The molecule has 5 nitrogen and oxygen atoms in total. The molecule has 1 saturated heterocycles. The normalized spacial score (nSPS) is 18.5. The Bertz CT molecular complexity index is 353. The number of pyridine rings is 1. The molecule has 2 heterocycles. The fourth-order valence-electron chi connectivity index (χ4n) is 2.30. The molecule has 0 radical (unpaired) electrons. The molecular weight excluding hydrogens is 242 g/mol. The Kier molecular flexibility index (Phi) is 5.57. The summed E-state index contributed by atoms with van der Waals surface area (Å²) in [5.41, 5.74) is 0. The zero-order chi connectivity index (χ0) is 13.5. The van der Waals surface area contributed by atoms with Gasteiger partial charge in [0.25, 0.3) is 0 Å². The minimum atomic E-state index is -0.388. The van der Waals surface area contributed by atoms with Gasteiger partial charge >= 0.3 is 0 Å². The lowest BCUT2D eigenvalue weighted by molar-refractivity contribution is 0.0202. The summed E-state index contributed by atoms with van der Waals surface area (Å²) in [6.45, 7) is 7.55. The maximum absolute atomic E-state index is 9.82. The summed E-state index contributed by atoms with van der Waals surface area (Å²) in [7, 11) is 0. The van der Waals surface area contributed by atoms with Crippen LogP contribution in [0.5, 0.6) is 0 Å². The topological polar surface area (TPSA) is 48.8 Å². The third kappa shape index (κ3) is 4.45. The number of rotatable bonds is 6. The van der Waals surface area contributed by atoms with Crippen molar-refractivity contribution in [1.82, 2.24) is 9.88 Å². The minimum Gasteiger partial charge on any atom is -0.389 e. The van der Waals surface area contributed by atoms with E-state index in [1.165, 1.54) is 0 Å². The smallest absolute Gasteiger partial charge is 0.128 e. The van der Waals surface area contributed by atoms with E-state index < -0.39 is 0 Å². The molecule has 1 atom stereocenters. The molecule has 0 amide bonds. The van der Waals surface area contributed by atoms with Crippen molar-refractivity contribution < 1.29 is 9.84 Å². The molecule has 5 heteroatoms. The van der Waals surface area contributed by atoms with E-state index in [4.69, 9.17) is 4.74 Å². The second kappa shape index (κ2) is 7.43. The molecule has 2 rings (SSSR count). The van der Waals surface area contributed by atoms with Crippen molar-refractivity contribution in [3.05, 3.63) is 24.4 Å². The highest BCUT2D eigenvalue weighted by atomic mass is 16.5. The zero-order valence-electron chi connectivity index (χ0n) is 11.5. The first-order valence-electron chi connectivity index (χ1n) is 6.93. The summed E-state index contributed by atoms with van der Waals surface area (Å²) in [5.74, 6) is 1.04. The van der Waals surface area contributed by atoms with Crippen LogP contribution in [0.15, 0.2) is 24.4 Å². The first-order valence-corrected chi connectivity index (χ1v) is 6.93. The first-order chi connectivity index (χ1) is 9.29. The van der Waals surface area contributed by atoms with Gasteiger partial charge in [-0.2, -0.15) is 0 Å². The molecule has 1 aromatic heterocycles. The summed E-state index contributed by atoms with van der Waals surface area (Å²) >= 11 is 0. The van der Waals surface area contributed by atoms with Crippen LogP contribution in [0, 0.1) is 0 Å². The molecule has 1 unspecified atom stereocenters. The Labute approximate surface area is 114 Å². The molecule has 1 aliphatic heterocycles. The van der Waals surface area contributed by atoms with E-state index in [1.807, 2.05) is 31.3 Å². The first kappa shape index (κ1) is 14.2. The van der Waals surface area contributed by atoms with Crippen molar-refractivity contribution in [3.8, 4) is 0 Å². The highest BCUT2D eigenvalue weighted by Crippen LogP contribution is 2.12. The van der Waals surface area contributed by atoms with Gasteiger partial charge < -0.3 is 14.7 Å². The number of hydrogen-bond acceptors (Lipinski definition) is 5. The van der Waals surface area contributed by atoms with Crippen LogP contribution in [0.2, 0.25) is 0 Å². The number of hydrogen-bond donors (Lipinski definition) is 1. The Morgan fingerprint density at radius 3 is 2.74 bits per heavy atom. The van der Waals surface area contributed by atoms with Crippen molar-refractivity contribution >= 4 is 5.82 Å². The number of nitrogens with zero attached hydrogens (tertiary/aromatic N) is 3. The fourth-order valence-corrected chi connectivity index (χ4v) is 2.30. The van der Waals surface area contributed by atoms with E-state index in [-0.39, 0.29) is 6.10 Å². The van der Waals surface area contributed by atoms with Crippen LogP contribution in [0.1, 0.15) is 6.92 Å². The number of ether oxygens (including phenoxy) is 1. The van der Waals surface area contributed by atoms with Crippen LogP contribution in [0.25, 0.3) is 0 Å². The van der Waals surface area contributed by atoms with Crippen molar-refractivity contribution in [2.45, 2.75) is 13.0 Å². The third-order valence-corrected chi connectivity index (χ3v) is 3.33. The number of aliphatic hydroxyl groups is 1. The molecule has 0 spiro atoms. The van der Waals surface area contributed by atoms with Crippen LogP contribution in [0.3, 0.4) is 0 Å². The number of aromatic nitrogens is 1. The van der Waals surface area contributed by atoms with E-state index in [1.54, 1.807) is 0 Å². The van der Waals surface area contributed by atoms with Gasteiger partial charge in [-0.1, -0.05) is 6.07 Å². The van der Waals surface area contributed by atoms with Gasteiger partial charge in [0.15, 0.2) is 0 Å². The Hall–Kier alpha value is -1.17. The van der Waals surface area contributed by atoms with Gasteiger partial charge in [-0.3, -0.25) is 4.90 Å². The lowest BCUT2D eigenvalue weighted by atomic mass is 10.2. The van der Waals surface area contributed by atoms with Crippen LogP contribution in [-0.2, 0) is 4.74 Å².